The molecule has 1 atom stereocenters. The van der Waals surface area contributed by atoms with Crippen molar-refractivity contribution in [2.75, 3.05) is 16.8 Å². The minimum Gasteiger partial charge on any atom is -0.360 e. The number of anilines is 2. The first-order valence-electron chi connectivity index (χ1n) is 7.66. The van der Waals surface area contributed by atoms with E-state index in [0.29, 0.717) is 15.7 Å². The van der Waals surface area contributed by atoms with Gasteiger partial charge in [0.25, 0.3) is 0 Å². The average molecular weight is 349 g/mol. The number of para-hydroxylation sites is 1. The lowest BCUT2D eigenvalue weighted by Gasteiger charge is -2.35. The molecule has 0 aliphatic carbocycles. The first-order chi connectivity index (χ1) is 11.0. The molecule has 1 amide bonds. The number of nitrogens with zero attached hydrogens (tertiary/aromatic N) is 1. The van der Waals surface area contributed by atoms with Gasteiger partial charge in [-0.1, -0.05) is 41.4 Å². The Morgan fingerprint density at radius 2 is 1.87 bits per heavy atom. The molecule has 1 N–H and O–H groups in total. The van der Waals surface area contributed by atoms with Crippen molar-refractivity contribution in [3.8, 4) is 0 Å². The standard InChI is InChI=1S/C18H18Cl2N2O/c1-12(18(23)21-16-10-14(19)9-15(20)11-16)22-8-4-6-13-5-2-3-7-17(13)22/h2-3,5,7,9-12H,4,6,8H2,1H3,(H,21,23)/t12-/m1/s1. The fourth-order valence-electron chi connectivity index (χ4n) is 2.98. The second kappa shape index (κ2) is 6.81. The van der Waals surface area contributed by atoms with E-state index in [-0.39, 0.29) is 11.9 Å². The van der Waals surface area contributed by atoms with Gasteiger partial charge in [0.05, 0.1) is 0 Å². The van der Waals surface area contributed by atoms with Gasteiger partial charge in [0.1, 0.15) is 6.04 Å². The molecule has 2 aromatic carbocycles. The molecule has 0 spiro atoms. The number of hydrogen-bond donors (Lipinski definition) is 1. The van der Waals surface area contributed by atoms with Crippen LogP contribution in [0, 0.1) is 0 Å². The third-order valence-electron chi connectivity index (χ3n) is 4.12. The summed E-state index contributed by atoms with van der Waals surface area (Å²) in [5.74, 6) is -0.0694. The van der Waals surface area contributed by atoms with E-state index in [0.717, 1.165) is 25.1 Å². The van der Waals surface area contributed by atoms with Crippen LogP contribution in [-0.2, 0) is 11.2 Å². The van der Waals surface area contributed by atoms with Crippen molar-refractivity contribution in [1.29, 1.82) is 0 Å². The summed E-state index contributed by atoms with van der Waals surface area (Å²) in [5.41, 5.74) is 3.05. The summed E-state index contributed by atoms with van der Waals surface area (Å²) in [5, 5.41) is 3.91. The molecule has 0 radical (unpaired) electrons. The molecular formula is C18H18Cl2N2O. The van der Waals surface area contributed by atoms with Crippen molar-refractivity contribution in [3.05, 3.63) is 58.1 Å². The Hall–Kier alpha value is -1.71. The third kappa shape index (κ3) is 3.62. The Kier molecular flexibility index (Phi) is 4.79. The smallest absolute Gasteiger partial charge is 0.246 e. The summed E-state index contributed by atoms with van der Waals surface area (Å²) in [6, 6.07) is 13.0. The van der Waals surface area contributed by atoms with Crippen molar-refractivity contribution in [3.63, 3.8) is 0 Å². The van der Waals surface area contributed by atoms with Gasteiger partial charge in [-0.25, -0.2) is 0 Å². The van der Waals surface area contributed by atoms with Crippen LogP contribution in [0.5, 0.6) is 0 Å². The van der Waals surface area contributed by atoms with E-state index in [9.17, 15) is 4.79 Å². The maximum absolute atomic E-state index is 12.6. The summed E-state index contributed by atoms with van der Waals surface area (Å²) in [4.78, 5) is 14.8. The fraction of sp³-hybridized carbons (Fsp3) is 0.278. The lowest BCUT2D eigenvalue weighted by molar-refractivity contribution is -0.117. The van der Waals surface area contributed by atoms with Crippen LogP contribution in [0.2, 0.25) is 10.0 Å². The Balaban J connectivity index is 1.78. The number of hydrogen-bond acceptors (Lipinski definition) is 2. The number of carbonyl (C=O) groups is 1. The molecule has 0 aromatic heterocycles. The zero-order chi connectivity index (χ0) is 16.4. The molecule has 5 heteroatoms. The first-order valence-corrected chi connectivity index (χ1v) is 8.42. The van der Waals surface area contributed by atoms with E-state index in [1.807, 2.05) is 19.1 Å². The molecule has 0 bridgehead atoms. The zero-order valence-corrected chi connectivity index (χ0v) is 14.4. The van der Waals surface area contributed by atoms with Crippen molar-refractivity contribution in [1.82, 2.24) is 0 Å². The van der Waals surface area contributed by atoms with Crippen molar-refractivity contribution in [2.24, 2.45) is 0 Å². The Bertz CT molecular complexity index is 712. The van der Waals surface area contributed by atoms with E-state index >= 15 is 0 Å². The molecule has 3 rings (SSSR count). The largest absolute Gasteiger partial charge is 0.360 e. The number of fused-ring (bicyclic) bond motifs is 1. The van der Waals surface area contributed by atoms with Crippen LogP contribution in [0.1, 0.15) is 18.9 Å². The first kappa shape index (κ1) is 16.2. The van der Waals surface area contributed by atoms with Crippen LogP contribution < -0.4 is 10.2 Å². The monoisotopic (exact) mass is 348 g/mol. The molecule has 2 aromatic rings. The van der Waals surface area contributed by atoms with E-state index in [2.05, 4.69) is 22.3 Å². The highest BCUT2D eigenvalue weighted by atomic mass is 35.5. The Labute approximate surface area is 146 Å². The molecule has 0 unspecified atom stereocenters. The zero-order valence-electron chi connectivity index (χ0n) is 12.9. The Morgan fingerprint density at radius 1 is 1.17 bits per heavy atom. The number of carbonyl (C=O) groups excluding carboxylic acids is 1. The number of aryl methyl sites for hydroxylation is 1. The SMILES string of the molecule is C[C@H](C(=O)Nc1cc(Cl)cc(Cl)c1)N1CCCc2ccccc21. The van der Waals surface area contributed by atoms with Crippen LogP contribution in [0.15, 0.2) is 42.5 Å². The van der Waals surface area contributed by atoms with E-state index in [4.69, 9.17) is 23.2 Å². The van der Waals surface area contributed by atoms with Gasteiger partial charge in [-0.05, 0) is 49.6 Å². The van der Waals surface area contributed by atoms with Crippen LogP contribution >= 0.6 is 23.2 Å². The van der Waals surface area contributed by atoms with Crippen LogP contribution in [0.4, 0.5) is 11.4 Å². The number of amides is 1. The lowest BCUT2D eigenvalue weighted by atomic mass is 10.00. The molecule has 3 nitrogen and oxygen atoms in total. The normalized spacial score (nSPS) is 15.0. The predicted molar refractivity (Wildman–Crippen MR) is 96.7 cm³/mol. The molecule has 1 aliphatic heterocycles. The molecule has 0 saturated heterocycles. The molecule has 1 aliphatic rings. The molecule has 23 heavy (non-hydrogen) atoms. The third-order valence-corrected chi connectivity index (χ3v) is 4.56. The number of rotatable bonds is 3. The van der Waals surface area contributed by atoms with Gasteiger partial charge in [0, 0.05) is 28.0 Å². The average Bonchev–Trinajstić information content (AvgIpc) is 2.52. The Morgan fingerprint density at radius 3 is 2.61 bits per heavy atom. The maximum atomic E-state index is 12.6. The highest BCUT2D eigenvalue weighted by molar-refractivity contribution is 6.35. The minimum atomic E-state index is -0.269. The van der Waals surface area contributed by atoms with Crippen LogP contribution in [0.25, 0.3) is 0 Å². The maximum Gasteiger partial charge on any atom is 0.246 e. The second-order valence-corrected chi connectivity index (χ2v) is 6.62. The fourth-order valence-corrected chi connectivity index (χ4v) is 3.51. The number of benzene rings is 2. The number of halogens is 2. The van der Waals surface area contributed by atoms with E-state index in [1.165, 1.54) is 5.56 Å². The highest BCUT2D eigenvalue weighted by Gasteiger charge is 2.25. The van der Waals surface area contributed by atoms with Gasteiger partial charge >= 0.3 is 0 Å². The molecule has 1 heterocycles. The highest BCUT2D eigenvalue weighted by Crippen LogP contribution is 2.29. The summed E-state index contributed by atoms with van der Waals surface area (Å²) >= 11 is 12.0. The topological polar surface area (TPSA) is 32.3 Å². The van der Waals surface area contributed by atoms with Gasteiger partial charge in [0.15, 0.2) is 0 Å². The van der Waals surface area contributed by atoms with Crippen molar-refractivity contribution >= 4 is 40.5 Å². The van der Waals surface area contributed by atoms with Gasteiger partial charge in [0.2, 0.25) is 5.91 Å². The van der Waals surface area contributed by atoms with Crippen molar-refractivity contribution < 1.29 is 4.79 Å². The summed E-state index contributed by atoms with van der Waals surface area (Å²) in [6.45, 7) is 2.80. The predicted octanol–water partition coefficient (Wildman–Crippen LogP) is 4.77. The van der Waals surface area contributed by atoms with E-state index in [1.54, 1.807) is 18.2 Å². The van der Waals surface area contributed by atoms with Gasteiger partial charge < -0.3 is 10.2 Å². The molecule has 120 valence electrons. The summed E-state index contributed by atoms with van der Waals surface area (Å²) in [7, 11) is 0. The van der Waals surface area contributed by atoms with Gasteiger partial charge in [-0.2, -0.15) is 0 Å². The van der Waals surface area contributed by atoms with Crippen LogP contribution in [0.3, 0.4) is 0 Å². The number of nitrogens with one attached hydrogen (secondary N) is 1. The molecular weight excluding hydrogens is 331 g/mol. The van der Waals surface area contributed by atoms with Crippen molar-refractivity contribution in [2.45, 2.75) is 25.8 Å². The van der Waals surface area contributed by atoms with E-state index < -0.39 is 0 Å². The van der Waals surface area contributed by atoms with Gasteiger partial charge in [-0.3, -0.25) is 4.79 Å². The molecule has 0 saturated carbocycles. The second-order valence-electron chi connectivity index (χ2n) is 5.75. The van der Waals surface area contributed by atoms with Gasteiger partial charge in [-0.15, -0.1) is 0 Å². The summed E-state index contributed by atoms with van der Waals surface area (Å²) < 4.78 is 0. The molecule has 0 fully saturated rings. The quantitative estimate of drug-likeness (QED) is 0.865. The lowest BCUT2D eigenvalue weighted by Crippen LogP contribution is -2.44. The summed E-state index contributed by atoms with van der Waals surface area (Å²) in [6.07, 6.45) is 2.11. The minimum absolute atomic E-state index is 0.0694. The van der Waals surface area contributed by atoms with Crippen LogP contribution in [-0.4, -0.2) is 18.5 Å².